The van der Waals surface area contributed by atoms with Gasteiger partial charge in [-0.05, 0) is 49.9 Å². The Morgan fingerprint density at radius 2 is 1.72 bits per heavy atom. The van der Waals surface area contributed by atoms with Crippen LogP contribution in [0.4, 0.5) is 0 Å². The first-order valence-electron chi connectivity index (χ1n) is 6.03. The molecule has 0 aromatic heterocycles. The van der Waals surface area contributed by atoms with Crippen LogP contribution in [0.3, 0.4) is 0 Å². The highest BCUT2D eigenvalue weighted by molar-refractivity contribution is 6.35. The van der Waals surface area contributed by atoms with E-state index in [1.165, 1.54) is 11.1 Å². The summed E-state index contributed by atoms with van der Waals surface area (Å²) in [4.78, 5) is 22.7. The Kier molecular flexibility index (Phi) is 2.89. The summed E-state index contributed by atoms with van der Waals surface area (Å²) in [5, 5.41) is 5.43. The van der Waals surface area contributed by atoms with E-state index in [0.717, 1.165) is 11.1 Å². The second-order valence-corrected chi connectivity index (χ2v) is 5.15. The molecule has 96 valence electrons. The molecule has 1 saturated heterocycles. The predicted octanol–water partition coefficient (Wildman–Crippen LogP) is 1.07. The number of aryl methyl sites for hydroxylation is 1. The molecule has 1 heterocycles. The lowest BCUT2D eigenvalue weighted by molar-refractivity contribution is -0.142. The van der Waals surface area contributed by atoms with E-state index in [0.29, 0.717) is 6.54 Å². The SMILES string of the molecule is Cc1ccc(C2(C)CNC(=O)C(=O)N2)c(C)c1C. The molecule has 1 aromatic rings. The Bertz CT molecular complexity index is 537. The molecule has 2 rings (SSSR count). The van der Waals surface area contributed by atoms with Gasteiger partial charge in [0.1, 0.15) is 0 Å². The summed E-state index contributed by atoms with van der Waals surface area (Å²) in [6.07, 6.45) is 0. The van der Waals surface area contributed by atoms with Crippen LogP contribution in [0, 0.1) is 20.8 Å². The predicted molar refractivity (Wildman–Crippen MR) is 69.2 cm³/mol. The molecule has 1 aromatic carbocycles. The lowest BCUT2D eigenvalue weighted by atomic mass is 9.84. The Labute approximate surface area is 107 Å². The zero-order chi connectivity index (χ0) is 13.5. The highest BCUT2D eigenvalue weighted by Gasteiger charge is 2.37. The van der Waals surface area contributed by atoms with E-state index in [1.54, 1.807) is 0 Å². The number of amides is 2. The van der Waals surface area contributed by atoms with Crippen molar-refractivity contribution < 1.29 is 9.59 Å². The molecule has 1 aliphatic heterocycles. The number of hydrogen-bond acceptors (Lipinski definition) is 2. The van der Waals surface area contributed by atoms with Crippen molar-refractivity contribution in [2.75, 3.05) is 6.54 Å². The van der Waals surface area contributed by atoms with Crippen molar-refractivity contribution in [3.05, 3.63) is 34.4 Å². The fourth-order valence-electron chi connectivity index (χ4n) is 2.41. The van der Waals surface area contributed by atoms with Gasteiger partial charge in [0.05, 0.1) is 5.54 Å². The molecule has 2 amide bonds. The average Bonchev–Trinajstić information content (AvgIpc) is 2.31. The van der Waals surface area contributed by atoms with Crippen molar-refractivity contribution in [3.63, 3.8) is 0 Å². The zero-order valence-corrected chi connectivity index (χ0v) is 11.2. The Morgan fingerprint density at radius 1 is 1.06 bits per heavy atom. The highest BCUT2D eigenvalue weighted by atomic mass is 16.2. The van der Waals surface area contributed by atoms with Crippen LogP contribution in [0.15, 0.2) is 12.1 Å². The first-order chi connectivity index (χ1) is 8.35. The number of nitrogens with one attached hydrogen (secondary N) is 2. The van der Waals surface area contributed by atoms with Gasteiger partial charge in [-0.2, -0.15) is 0 Å². The van der Waals surface area contributed by atoms with Crippen LogP contribution in [-0.4, -0.2) is 18.4 Å². The van der Waals surface area contributed by atoms with Gasteiger partial charge in [-0.15, -0.1) is 0 Å². The molecule has 0 saturated carbocycles. The first-order valence-corrected chi connectivity index (χ1v) is 6.03. The molecule has 2 N–H and O–H groups in total. The maximum absolute atomic E-state index is 11.5. The number of carbonyl (C=O) groups is 2. The maximum Gasteiger partial charge on any atom is 0.310 e. The van der Waals surface area contributed by atoms with E-state index in [1.807, 2.05) is 26.0 Å². The zero-order valence-electron chi connectivity index (χ0n) is 11.2. The van der Waals surface area contributed by atoms with Crippen molar-refractivity contribution >= 4 is 11.8 Å². The van der Waals surface area contributed by atoms with Crippen molar-refractivity contribution in [1.29, 1.82) is 0 Å². The monoisotopic (exact) mass is 246 g/mol. The summed E-state index contributed by atoms with van der Waals surface area (Å²) in [5.41, 5.74) is 4.13. The van der Waals surface area contributed by atoms with E-state index in [2.05, 4.69) is 24.5 Å². The molecule has 0 bridgehead atoms. The summed E-state index contributed by atoms with van der Waals surface area (Å²) in [5.74, 6) is -1.13. The minimum absolute atomic E-state index is 0.418. The second kappa shape index (κ2) is 4.12. The smallest absolute Gasteiger partial charge is 0.310 e. The average molecular weight is 246 g/mol. The Hall–Kier alpha value is -1.84. The van der Waals surface area contributed by atoms with Gasteiger partial charge in [0.2, 0.25) is 0 Å². The van der Waals surface area contributed by atoms with E-state index in [4.69, 9.17) is 0 Å². The highest BCUT2D eigenvalue weighted by Crippen LogP contribution is 2.28. The van der Waals surface area contributed by atoms with Crippen molar-refractivity contribution in [3.8, 4) is 0 Å². The molecule has 0 spiro atoms. The van der Waals surface area contributed by atoms with Crippen LogP contribution >= 0.6 is 0 Å². The van der Waals surface area contributed by atoms with Crippen LogP contribution in [0.1, 0.15) is 29.2 Å². The van der Waals surface area contributed by atoms with Gasteiger partial charge in [-0.1, -0.05) is 12.1 Å². The Morgan fingerprint density at radius 3 is 2.33 bits per heavy atom. The molecule has 0 radical (unpaired) electrons. The molecular formula is C14H18N2O2. The molecule has 18 heavy (non-hydrogen) atoms. The standard InChI is InChI=1S/C14H18N2O2/c1-8-5-6-11(10(3)9(8)2)14(4)7-15-12(17)13(18)16-14/h5-6H,7H2,1-4H3,(H,15,17)(H,16,18). The minimum atomic E-state index is -0.568. The van der Waals surface area contributed by atoms with Gasteiger partial charge in [0.25, 0.3) is 0 Å². The normalized spacial score (nSPS) is 23.6. The second-order valence-electron chi connectivity index (χ2n) is 5.15. The van der Waals surface area contributed by atoms with Crippen molar-refractivity contribution in [1.82, 2.24) is 10.6 Å². The van der Waals surface area contributed by atoms with E-state index < -0.39 is 17.4 Å². The fourth-order valence-corrected chi connectivity index (χ4v) is 2.41. The van der Waals surface area contributed by atoms with Gasteiger partial charge in [-0.25, -0.2) is 0 Å². The van der Waals surface area contributed by atoms with E-state index >= 15 is 0 Å². The maximum atomic E-state index is 11.5. The summed E-state index contributed by atoms with van der Waals surface area (Å²) < 4.78 is 0. The van der Waals surface area contributed by atoms with Gasteiger partial charge in [-0.3, -0.25) is 9.59 Å². The lowest BCUT2D eigenvalue weighted by Gasteiger charge is -2.36. The van der Waals surface area contributed by atoms with Gasteiger partial charge >= 0.3 is 11.8 Å². The van der Waals surface area contributed by atoms with Crippen LogP contribution in [0.5, 0.6) is 0 Å². The number of hydrogen-bond donors (Lipinski definition) is 2. The third-order valence-corrected chi connectivity index (χ3v) is 3.85. The topological polar surface area (TPSA) is 58.2 Å². The first kappa shape index (κ1) is 12.6. The number of carbonyl (C=O) groups excluding carboxylic acids is 2. The number of piperazine rings is 1. The quantitative estimate of drug-likeness (QED) is 0.728. The third-order valence-electron chi connectivity index (χ3n) is 3.85. The summed E-state index contributed by atoms with van der Waals surface area (Å²) in [6.45, 7) is 8.53. The number of benzene rings is 1. The van der Waals surface area contributed by atoms with Crippen LogP contribution in [0.25, 0.3) is 0 Å². The third kappa shape index (κ3) is 1.88. The molecular weight excluding hydrogens is 228 g/mol. The van der Waals surface area contributed by atoms with E-state index in [-0.39, 0.29) is 0 Å². The van der Waals surface area contributed by atoms with Gasteiger partial charge in [0, 0.05) is 6.54 Å². The molecule has 4 heteroatoms. The minimum Gasteiger partial charge on any atom is -0.345 e. The van der Waals surface area contributed by atoms with Crippen molar-refractivity contribution in [2.45, 2.75) is 33.2 Å². The van der Waals surface area contributed by atoms with Crippen molar-refractivity contribution in [2.24, 2.45) is 0 Å². The van der Waals surface area contributed by atoms with Gasteiger partial charge in [0.15, 0.2) is 0 Å². The van der Waals surface area contributed by atoms with Crippen LogP contribution < -0.4 is 10.6 Å². The van der Waals surface area contributed by atoms with Crippen LogP contribution in [-0.2, 0) is 15.1 Å². The summed E-state index contributed by atoms with van der Waals surface area (Å²) in [7, 11) is 0. The molecule has 1 aliphatic rings. The van der Waals surface area contributed by atoms with E-state index in [9.17, 15) is 9.59 Å². The molecule has 0 aliphatic carbocycles. The molecule has 1 fully saturated rings. The number of rotatable bonds is 1. The summed E-state index contributed by atoms with van der Waals surface area (Å²) >= 11 is 0. The molecule has 1 atom stereocenters. The summed E-state index contributed by atoms with van der Waals surface area (Å²) in [6, 6.07) is 4.07. The molecule has 4 nitrogen and oxygen atoms in total. The van der Waals surface area contributed by atoms with Crippen LogP contribution in [0.2, 0.25) is 0 Å². The lowest BCUT2D eigenvalue weighted by Crippen LogP contribution is -2.61. The molecule has 1 unspecified atom stereocenters. The largest absolute Gasteiger partial charge is 0.345 e. The fraction of sp³-hybridized carbons (Fsp3) is 0.429. The van der Waals surface area contributed by atoms with Gasteiger partial charge < -0.3 is 10.6 Å². The Balaban J connectivity index is 2.45.